The maximum Gasteiger partial charge on any atom is 0.303 e. The van der Waals surface area contributed by atoms with Crippen molar-refractivity contribution in [2.75, 3.05) is 16.8 Å². The van der Waals surface area contributed by atoms with Crippen molar-refractivity contribution in [3.05, 3.63) is 30.1 Å². The molecular formula is C14H16FNO4S. The summed E-state index contributed by atoms with van der Waals surface area (Å²) in [5, 5.41) is 11.3. The van der Waals surface area contributed by atoms with Gasteiger partial charge in [0.25, 0.3) is 0 Å². The molecule has 5 nitrogen and oxygen atoms in total. The van der Waals surface area contributed by atoms with Crippen molar-refractivity contribution >= 4 is 28.4 Å². The number of anilines is 1. The summed E-state index contributed by atoms with van der Waals surface area (Å²) in [4.78, 5) is 22.4. The molecule has 0 aliphatic heterocycles. The smallest absolute Gasteiger partial charge is 0.303 e. The summed E-state index contributed by atoms with van der Waals surface area (Å²) in [5.41, 5.74) is -0.0980. The number of hydrogen-bond acceptors (Lipinski definition) is 3. The Morgan fingerprint density at radius 3 is 2.67 bits per heavy atom. The van der Waals surface area contributed by atoms with Crippen LogP contribution < -0.4 is 5.32 Å². The normalized spacial score (nSPS) is 17.0. The Morgan fingerprint density at radius 1 is 1.38 bits per heavy atom. The lowest BCUT2D eigenvalue weighted by molar-refractivity contribution is -0.138. The fraction of sp³-hybridized carbons (Fsp3) is 0.429. The fourth-order valence-corrected chi connectivity index (χ4v) is 3.71. The minimum atomic E-state index is -1.42. The van der Waals surface area contributed by atoms with E-state index in [0.29, 0.717) is 5.69 Å². The molecule has 1 atom stereocenters. The maximum absolute atomic E-state index is 13.0. The van der Waals surface area contributed by atoms with Gasteiger partial charge in [-0.05, 0) is 36.5 Å². The molecule has 0 heterocycles. The highest BCUT2D eigenvalue weighted by atomic mass is 32.2. The van der Waals surface area contributed by atoms with Gasteiger partial charge in [0.1, 0.15) is 11.6 Å². The lowest BCUT2D eigenvalue weighted by Crippen LogP contribution is -2.25. The molecule has 1 aliphatic carbocycles. The zero-order valence-electron chi connectivity index (χ0n) is 11.3. The number of nitrogens with one attached hydrogen (secondary N) is 1. The standard InChI is InChI=1S/C14H16FNO4S/c15-10-2-1-3-11(6-10)16-12(17)8-21(20)9-14(4-5-14)7-13(18)19/h1-3,6H,4-5,7-9H2,(H,16,17)(H,18,19). The topological polar surface area (TPSA) is 83.5 Å². The number of rotatable bonds is 7. The van der Waals surface area contributed by atoms with Crippen LogP contribution in [-0.4, -0.2) is 32.7 Å². The molecule has 1 saturated carbocycles. The molecule has 1 aromatic carbocycles. The highest BCUT2D eigenvalue weighted by Gasteiger charge is 2.45. The lowest BCUT2D eigenvalue weighted by atomic mass is 10.1. The van der Waals surface area contributed by atoms with Crippen molar-refractivity contribution in [2.24, 2.45) is 5.41 Å². The number of aliphatic carboxylic acids is 1. The second kappa shape index (κ2) is 6.34. The van der Waals surface area contributed by atoms with E-state index in [1.165, 1.54) is 24.3 Å². The van der Waals surface area contributed by atoms with Gasteiger partial charge in [-0.2, -0.15) is 0 Å². The van der Waals surface area contributed by atoms with E-state index >= 15 is 0 Å². The van der Waals surface area contributed by atoms with Crippen LogP contribution in [0.1, 0.15) is 19.3 Å². The highest BCUT2D eigenvalue weighted by Crippen LogP contribution is 2.49. The third-order valence-corrected chi connectivity index (χ3v) is 4.87. The van der Waals surface area contributed by atoms with Gasteiger partial charge >= 0.3 is 5.97 Å². The Morgan fingerprint density at radius 2 is 2.10 bits per heavy atom. The van der Waals surface area contributed by atoms with Crippen molar-refractivity contribution in [1.82, 2.24) is 0 Å². The minimum absolute atomic E-state index is 0.00967. The number of hydrogen-bond donors (Lipinski definition) is 2. The van der Waals surface area contributed by atoms with Crippen LogP contribution >= 0.6 is 0 Å². The first-order chi connectivity index (χ1) is 9.88. The summed E-state index contributed by atoms with van der Waals surface area (Å²) < 4.78 is 24.9. The molecule has 114 valence electrons. The van der Waals surface area contributed by atoms with Crippen molar-refractivity contribution in [2.45, 2.75) is 19.3 Å². The molecule has 1 aromatic rings. The largest absolute Gasteiger partial charge is 0.481 e. The Hall–Kier alpha value is -1.76. The number of carboxylic acid groups (broad SMARTS) is 1. The summed E-state index contributed by atoms with van der Waals surface area (Å²) in [6.45, 7) is 0. The van der Waals surface area contributed by atoms with Crippen molar-refractivity contribution < 1.29 is 23.3 Å². The average molecular weight is 313 g/mol. The number of carbonyl (C=O) groups is 2. The van der Waals surface area contributed by atoms with Gasteiger partial charge in [0.05, 0.1) is 6.42 Å². The maximum atomic E-state index is 13.0. The molecule has 1 amide bonds. The van der Waals surface area contributed by atoms with Gasteiger partial charge in [-0.3, -0.25) is 13.8 Å². The van der Waals surface area contributed by atoms with Crippen LogP contribution in [-0.2, 0) is 20.4 Å². The molecule has 1 fully saturated rings. The van der Waals surface area contributed by atoms with Gasteiger partial charge in [0.15, 0.2) is 0 Å². The van der Waals surface area contributed by atoms with Crippen molar-refractivity contribution in [3.63, 3.8) is 0 Å². The minimum Gasteiger partial charge on any atom is -0.481 e. The second-order valence-electron chi connectivity index (χ2n) is 5.36. The van der Waals surface area contributed by atoms with E-state index in [2.05, 4.69) is 5.32 Å². The number of carboxylic acids is 1. The van der Waals surface area contributed by atoms with E-state index in [0.717, 1.165) is 12.8 Å². The van der Waals surface area contributed by atoms with Crippen LogP contribution in [0.3, 0.4) is 0 Å². The Balaban J connectivity index is 1.83. The molecule has 2 rings (SSSR count). The molecule has 0 saturated heterocycles. The number of amides is 1. The van der Waals surface area contributed by atoms with Crippen LogP contribution in [0.15, 0.2) is 24.3 Å². The van der Waals surface area contributed by atoms with Gasteiger partial charge in [0, 0.05) is 22.2 Å². The molecule has 0 aromatic heterocycles. The number of benzene rings is 1. The van der Waals surface area contributed by atoms with Gasteiger partial charge < -0.3 is 10.4 Å². The molecule has 1 aliphatic rings. The second-order valence-corrected chi connectivity index (χ2v) is 6.81. The predicted octanol–water partition coefficient (Wildman–Crippen LogP) is 1.77. The van der Waals surface area contributed by atoms with E-state index in [1.54, 1.807) is 0 Å². The molecule has 0 spiro atoms. The van der Waals surface area contributed by atoms with Gasteiger partial charge in [-0.1, -0.05) is 6.07 Å². The summed E-state index contributed by atoms with van der Waals surface area (Å²) in [6.07, 6.45) is 1.46. The van der Waals surface area contributed by atoms with Crippen LogP contribution in [0, 0.1) is 11.2 Å². The molecule has 0 radical (unpaired) electrons. The fourth-order valence-electron chi connectivity index (χ4n) is 2.17. The quantitative estimate of drug-likeness (QED) is 0.803. The summed E-state index contributed by atoms with van der Waals surface area (Å²) in [5.74, 6) is -1.83. The molecule has 21 heavy (non-hydrogen) atoms. The summed E-state index contributed by atoms with van der Waals surface area (Å²) in [7, 11) is -1.42. The zero-order chi connectivity index (χ0) is 15.5. The zero-order valence-corrected chi connectivity index (χ0v) is 12.1. The van der Waals surface area contributed by atoms with Gasteiger partial charge in [-0.15, -0.1) is 0 Å². The molecular weight excluding hydrogens is 297 g/mol. The Bertz CT molecular complexity index is 586. The Kier molecular flexibility index (Phi) is 4.72. The van der Waals surface area contributed by atoms with E-state index in [9.17, 15) is 18.2 Å². The number of carbonyl (C=O) groups excluding carboxylic acids is 1. The lowest BCUT2D eigenvalue weighted by Gasteiger charge is -2.11. The SMILES string of the molecule is O=C(O)CC1(CS(=O)CC(=O)Nc2cccc(F)c2)CC1. The molecule has 0 bridgehead atoms. The summed E-state index contributed by atoms with van der Waals surface area (Å²) in [6, 6.07) is 5.44. The first-order valence-electron chi connectivity index (χ1n) is 6.51. The average Bonchev–Trinajstić information content (AvgIpc) is 3.06. The van der Waals surface area contributed by atoms with Crippen molar-refractivity contribution in [3.8, 4) is 0 Å². The van der Waals surface area contributed by atoms with Crippen molar-refractivity contribution in [1.29, 1.82) is 0 Å². The summed E-state index contributed by atoms with van der Waals surface area (Å²) >= 11 is 0. The third kappa shape index (κ3) is 4.93. The third-order valence-electron chi connectivity index (χ3n) is 3.35. The molecule has 2 N–H and O–H groups in total. The first-order valence-corrected chi connectivity index (χ1v) is 8.00. The Labute approximate surface area is 124 Å². The first kappa shape index (κ1) is 15.6. The highest BCUT2D eigenvalue weighted by molar-refractivity contribution is 7.85. The van der Waals surface area contributed by atoms with Crippen LogP contribution in [0.25, 0.3) is 0 Å². The number of halogens is 1. The van der Waals surface area contributed by atoms with Gasteiger partial charge in [0.2, 0.25) is 5.91 Å². The molecule has 1 unspecified atom stereocenters. The van der Waals surface area contributed by atoms with E-state index < -0.39 is 33.9 Å². The van der Waals surface area contributed by atoms with Crippen LogP contribution in [0.2, 0.25) is 0 Å². The van der Waals surface area contributed by atoms with Gasteiger partial charge in [-0.25, -0.2) is 4.39 Å². The van der Waals surface area contributed by atoms with E-state index in [1.807, 2.05) is 0 Å². The van der Waals surface area contributed by atoms with Crippen LogP contribution in [0.5, 0.6) is 0 Å². The molecule has 7 heteroatoms. The predicted molar refractivity (Wildman–Crippen MR) is 76.8 cm³/mol. The van der Waals surface area contributed by atoms with E-state index in [4.69, 9.17) is 5.11 Å². The van der Waals surface area contributed by atoms with Crippen LogP contribution in [0.4, 0.5) is 10.1 Å². The monoisotopic (exact) mass is 313 g/mol. The van der Waals surface area contributed by atoms with E-state index in [-0.39, 0.29) is 17.9 Å².